The molecule has 0 aliphatic carbocycles. The lowest BCUT2D eigenvalue weighted by Gasteiger charge is -2.27. The number of anilines is 1. The average Bonchev–Trinajstić information content (AvgIpc) is 3.02. The van der Waals surface area contributed by atoms with E-state index in [0.717, 1.165) is 11.3 Å². The Balaban J connectivity index is 2.04. The molecule has 1 unspecified atom stereocenters. The van der Waals surface area contributed by atoms with Gasteiger partial charge in [0.25, 0.3) is 0 Å². The van der Waals surface area contributed by atoms with Crippen LogP contribution in [0.5, 0.6) is 5.75 Å². The minimum absolute atomic E-state index is 0.0729. The second-order valence-corrected chi connectivity index (χ2v) is 6.06. The summed E-state index contributed by atoms with van der Waals surface area (Å²) < 4.78 is 7.16. The number of aliphatic hydroxyl groups is 1. The molecule has 2 aromatic rings. The number of aliphatic hydroxyl groups excluding tert-OH is 1. The molecular weight excluding hydrogens is 334 g/mol. The predicted molar refractivity (Wildman–Crippen MR) is 96.7 cm³/mol. The van der Waals surface area contributed by atoms with Crippen molar-refractivity contribution in [2.24, 2.45) is 5.73 Å². The highest BCUT2D eigenvalue weighted by Gasteiger charge is 2.33. The van der Waals surface area contributed by atoms with E-state index in [2.05, 4.69) is 15.4 Å². The number of carbonyl (C=O) groups excluding carboxylic acids is 1. The van der Waals surface area contributed by atoms with Gasteiger partial charge in [0, 0.05) is 18.7 Å². The number of rotatable bonds is 7. The molecule has 1 amide bonds. The molecule has 26 heavy (non-hydrogen) atoms. The quantitative estimate of drug-likeness (QED) is 0.689. The Bertz CT molecular complexity index is 826. The van der Waals surface area contributed by atoms with Gasteiger partial charge in [0.2, 0.25) is 11.9 Å². The second kappa shape index (κ2) is 7.57. The standard InChI is InChI=1S/C18H23N5O3/c1-3-26-13-8-6-12(7-9-13)16-15(17(19)25)11(2)20-18-21-14(5-4-10-24)22-23(16)18/h6-9,16,24H,3-5,10H2,1-2H3,(H2,19,25)(H,20,21,22). The fourth-order valence-electron chi connectivity index (χ4n) is 3.08. The minimum atomic E-state index is -0.507. The van der Waals surface area contributed by atoms with Crippen molar-refractivity contribution in [3.8, 4) is 5.75 Å². The Morgan fingerprint density at radius 1 is 1.38 bits per heavy atom. The van der Waals surface area contributed by atoms with E-state index >= 15 is 0 Å². The number of nitrogens with two attached hydrogens (primary N) is 1. The Morgan fingerprint density at radius 2 is 2.12 bits per heavy atom. The van der Waals surface area contributed by atoms with Gasteiger partial charge in [-0.1, -0.05) is 12.1 Å². The molecule has 2 heterocycles. The topological polar surface area (TPSA) is 115 Å². The number of hydrogen-bond acceptors (Lipinski definition) is 6. The number of hydrogen-bond donors (Lipinski definition) is 3. The maximum Gasteiger partial charge on any atom is 0.248 e. The van der Waals surface area contributed by atoms with Gasteiger partial charge in [-0.05, 0) is 38.0 Å². The summed E-state index contributed by atoms with van der Waals surface area (Å²) in [6.07, 6.45) is 1.13. The number of fused-ring (bicyclic) bond motifs is 1. The van der Waals surface area contributed by atoms with Crippen molar-refractivity contribution in [1.82, 2.24) is 14.8 Å². The van der Waals surface area contributed by atoms with Crippen LogP contribution in [-0.4, -0.2) is 39.0 Å². The number of nitrogens with one attached hydrogen (secondary N) is 1. The predicted octanol–water partition coefficient (Wildman–Crippen LogP) is 1.38. The van der Waals surface area contributed by atoms with Crippen LogP contribution in [0.4, 0.5) is 5.95 Å². The van der Waals surface area contributed by atoms with E-state index in [-0.39, 0.29) is 6.61 Å². The number of primary amides is 1. The lowest BCUT2D eigenvalue weighted by atomic mass is 9.95. The summed E-state index contributed by atoms with van der Waals surface area (Å²) in [5.41, 5.74) is 7.62. The van der Waals surface area contributed by atoms with Crippen molar-refractivity contribution in [3.05, 3.63) is 46.9 Å². The summed E-state index contributed by atoms with van der Waals surface area (Å²) in [7, 11) is 0. The third-order valence-electron chi connectivity index (χ3n) is 4.23. The molecule has 0 saturated carbocycles. The Kier molecular flexibility index (Phi) is 5.22. The smallest absolute Gasteiger partial charge is 0.248 e. The van der Waals surface area contributed by atoms with Crippen LogP contribution in [0, 0.1) is 0 Å². The first-order chi connectivity index (χ1) is 12.5. The van der Waals surface area contributed by atoms with E-state index in [4.69, 9.17) is 15.6 Å². The Labute approximate surface area is 151 Å². The molecule has 1 atom stereocenters. The summed E-state index contributed by atoms with van der Waals surface area (Å²) in [6, 6.07) is 7.05. The van der Waals surface area contributed by atoms with Crippen molar-refractivity contribution in [2.45, 2.75) is 32.7 Å². The summed E-state index contributed by atoms with van der Waals surface area (Å²) in [6.45, 7) is 4.38. The van der Waals surface area contributed by atoms with Crippen LogP contribution in [-0.2, 0) is 11.2 Å². The second-order valence-electron chi connectivity index (χ2n) is 6.06. The molecule has 0 bridgehead atoms. The largest absolute Gasteiger partial charge is 0.494 e. The number of allylic oxidation sites excluding steroid dienone is 1. The van der Waals surface area contributed by atoms with E-state index < -0.39 is 11.9 Å². The van der Waals surface area contributed by atoms with Gasteiger partial charge < -0.3 is 20.9 Å². The highest BCUT2D eigenvalue weighted by atomic mass is 16.5. The van der Waals surface area contributed by atoms with Gasteiger partial charge >= 0.3 is 0 Å². The van der Waals surface area contributed by atoms with E-state index in [1.165, 1.54) is 0 Å². The number of carbonyl (C=O) groups is 1. The zero-order valence-corrected chi connectivity index (χ0v) is 14.9. The maximum absolute atomic E-state index is 12.1. The Morgan fingerprint density at radius 3 is 2.73 bits per heavy atom. The first-order valence-corrected chi connectivity index (χ1v) is 8.61. The molecule has 4 N–H and O–H groups in total. The van der Waals surface area contributed by atoms with Gasteiger partial charge in [0.1, 0.15) is 11.8 Å². The van der Waals surface area contributed by atoms with Crippen LogP contribution in [0.25, 0.3) is 0 Å². The lowest BCUT2D eigenvalue weighted by Crippen LogP contribution is -2.31. The van der Waals surface area contributed by atoms with Crippen LogP contribution in [0.1, 0.15) is 37.7 Å². The zero-order chi connectivity index (χ0) is 18.7. The molecule has 3 rings (SSSR count). The third kappa shape index (κ3) is 3.41. The number of aryl methyl sites for hydroxylation is 1. The Hall–Kier alpha value is -2.87. The normalized spacial score (nSPS) is 16.2. The molecule has 0 spiro atoms. The summed E-state index contributed by atoms with van der Waals surface area (Å²) in [5, 5.41) is 16.7. The fourth-order valence-corrected chi connectivity index (χ4v) is 3.08. The van der Waals surface area contributed by atoms with Gasteiger partial charge in [0.15, 0.2) is 5.82 Å². The lowest BCUT2D eigenvalue weighted by molar-refractivity contribution is -0.115. The molecule has 138 valence electrons. The number of aromatic nitrogens is 3. The molecular formula is C18H23N5O3. The highest BCUT2D eigenvalue weighted by molar-refractivity contribution is 5.95. The van der Waals surface area contributed by atoms with E-state index in [1.54, 1.807) is 11.6 Å². The van der Waals surface area contributed by atoms with E-state index in [9.17, 15) is 4.79 Å². The average molecular weight is 357 g/mol. The van der Waals surface area contributed by atoms with Crippen LogP contribution in [0.2, 0.25) is 0 Å². The summed E-state index contributed by atoms with van der Waals surface area (Å²) in [4.78, 5) is 16.6. The van der Waals surface area contributed by atoms with E-state index in [1.807, 2.05) is 31.2 Å². The zero-order valence-electron chi connectivity index (χ0n) is 14.9. The molecule has 0 radical (unpaired) electrons. The van der Waals surface area contributed by atoms with Crippen LogP contribution in [0.3, 0.4) is 0 Å². The van der Waals surface area contributed by atoms with Gasteiger partial charge in [0.05, 0.1) is 12.2 Å². The fraction of sp³-hybridized carbons (Fsp3) is 0.389. The molecule has 1 aliphatic heterocycles. The van der Waals surface area contributed by atoms with Gasteiger partial charge in [-0.2, -0.15) is 10.1 Å². The van der Waals surface area contributed by atoms with E-state index in [0.29, 0.717) is 42.5 Å². The minimum Gasteiger partial charge on any atom is -0.494 e. The number of amides is 1. The van der Waals surface area contributed by atoms with Crippen molar-refractivity contribution in [3.63, 3.8) is 0 Å². The molecule has 0 saturated heterocycles. The number of benzene rings is 1. The van der Waals surface area contributed by atoms with Crippen LogP contribution >= 0.6 is 0 Å². The van der Waals surface area contributed by atoms with Crippen LogP contribution in [0.15, 0.2) is 35.5 Å². The number of nitrogens with zero attached hydrogens (tertiary/aromatic N) is 3. The maximum atomic E-state index is 12.1. The van der Waals surface area contributed by atoms with Crippen LogP contribution < -0.4 is 15.8 Å². The van der Waals surface area contributed by atoms with Gasteiger partial charge in [-0.25, -0.2) is 4.68 Å². The highest BCUT2D eigenvalue weighted by Crippen LogP contribution is 2.35. The first kappa shape index (κ1) is 17.9. The summed E-state index contributed by atoms with van der Waals surface area (Å²) in [5.74, 6) is 1.41. The van der Waals surface area contributed by atoms with Crippen molar-refractivity contribution in [1.29, 1.82) is 0 Å². The SMILES string of the molecule is CCOc1ccc(C2C(C(N)=O)=C(C)Nc3nc(CCCO)nn32)cc1. The van der Waals surface area contributed by atoms with Crippen molar-refractivity contribution >= 4 is 11.9 Å². The molecule has 8 heteroatoms. The van der Waals surface area contributed by atoms with Gasteiger partial charge in [-0.3, -0.25) is 4.79 Å². The molecule has 1 aliphatic rings. The van der Waals surface area contributed by atoms with Crippen molar-refractivity contribution < 1.29 is 14.6 Å². The molecule has 1 aromatic heterocycles. The molecule has 0 fully saturated rings. The van der Waals surface area contributed by atoms with Gasteiger partial charge in [-0.15, -0.1) is 0 Å². The third-order valence-corrected chi connectivity index (χ3v) is 4.23. The number of ether oxygens (including phenoxy) is 1. The molecule has 8 nitrogen and oxygen atoms in total. The monoisotopic (exact) mass is 357 g/mol. The van der Waals surface area contributed by atoms with Crippen molar-refractivity contribution in [2.75, 3.05) is 18.5 Å². The molecule has 1 aromatic carbocycles. The summed E-state index contributed by atoms with van der Waals surface area (Å²) >= 11 is 0. The first-order valence-electron chi connectivity index (χ1n) is 8.61.